The number of nitrogens with one attached hydrogen (secondary N) is 1. The Balaban J connectivity index is 2.04. The fraction of sp³-hybridized carbons (Fsp3) is 0.467. The lowest BCUT2D eigenvalue weighted by Crippen LogP contribution is -2.23. The van der Waals surface area contributed by atoms with Gasteiger partial charge in [0.2, 0.25) is 0 Å². The SMILES string of the molecule is CC(C)NCc1ccnc(N(C)Cc2nccn2C)c1. The summed E-state index contributed by atoms with van der Waals surface area (Å²) in [6.07, 6.45) is 5.64. The average Bonchev–Trinajstić information content (AvgIpc) is 2.82. The lowest BCUT2D eigenvalue weighted by molar-refractivity contribution is 0.588. The van der Waals surface area contributed by atoms with E-state index >= 15 is 0 Å². The van der Waals surface area contributed by atoms with E-state index in [0.717, 1.165) is 24.7 Å². The van der Waals surface area contributed by atoms with Crippen LogP contribution < -0.4 is 10.2 Å². The minimum Gasteiger partial charge on any atom is -0.352 e. The smallest absolute Gasteiger partial charge is 0.128 e. The maximum Gasteiger partial charge on any atom is 0.128 e. The highest BCUT2D eigenvalue weighted by atomic mass is 15.2. The molecule has 108 valence electrons. The number of hydrogen-bond acceptors (Lipinski definition) is 4. The van der Waals surface area contributed by atoms with Crippen LogP contribution in [-0.4, -0.2) is 27.6 Å². The maximum absolute atomic E-state index is 4.44. The second kappa shape index (κ2) is 6.52. The molecule has 0 bridgehead atoms. The molecular weight excluding hydrogens is 250 g/mol. The predicted octanol–water partition coefficient (Wildman–Crippen LogP) is 1.95. The van der Waals surface area contributed by atoms with Crippen LogP contribution in [0.15, 0.2) is 30.7 Å². The Kier molecular flexibility index (Phi) is 4.74. The molecule has 0 fully saturated rings. The highest BCUT2D eigenvalue weighted by molar-refractivity contribution is 5.40. The number of imidazole rings is 1. The molecule has 2 aromatic heterocycles. The number of aryl methyl sites for hydroxylation is 1. The molecule has 2 rings (SSSR count). The van der Waals surface area contributed by atoms with Crippen molar-refractivity contribution in [2.45, 2.75) is 33.0 Å². The number of hydrogen-bond donors (Lipinski definition) is 1. The van der Waals surface area contributed by atoms with Crippen molar-refractivity contribution in [2.24, 2.45) is 7.05 Å². The third-order valence-electron chi connectivity index (χ3n) is 3.22. The summed E-state index contributed by atoms with van der Waals surface area (Å²) in [4.78, 5) is 10.9. The van der Waals surface area contributed by atoms with Gasteiger partial charge in [0.15, 0.2) is 0 Å². The van der Waals surface area contributed by atoms with Crippen molar-refractivity contribution in [2.75, 3.05) is 11.9 Å². The molecule has 0 spiro atoms. The van der Waals surface area contributed by atoms with Gasteiger partial charge in [-0.25, -0.2) is 9.97 Å². The van der Waals surface area contributed by atoms with Crippen LogP contribution in [0.3, 0.4) is 0 Å². The molecule has 0 aromatic carbocycles. The normalized spacial score (nSPS) is 11.1. The third-order valence-corrected chi connectivity index (χ3v) is 3.22. The van der Waals surface area contributed by atoms with Crippen LogP contribution in [0.4, 0.5) is 5.82 Å². The number of nitrogens with zero attached hydrogens (tertiary/aromatic N) is 4. The van der Waals surface area contributed by atoms with Gasteiger partial charge in [0, 0.05) is 45.3 Å². The Morgan fingerprint density at radius 2 is 2.10 bits per heavy atom. The Labute approximate surface area is 120 Å². The highest BCUT2D eigenvalue weighted by Gasteiger charge is 2.07. The quantitative estimate of drug-likeness (QED) is 0.874. The number of rotatable bonds is 6. The number of anilines is 1. The summed E-state index contributed by atoms with van der Waals surface area (Å²) < 4.78 is 2.03. The van der Waals surface area contributed by atoms with Crippen LogP contribution in [0.25, 0.3) is 0 Å². The first-order chi connectivity index (χ1) is 9.56. The molecule has 0 aliphatic heterocycles. The summed E-state index contributed by atoms with van der Waals surface area (Å²) in [7, 11) is 4.04. The molecule has 0 radical (unpaired) electrons. The molecule has 0 aliphatic carbocycles. The minimum atomic E-state index is 0.483. The van der Waals surface area contributed by atoms with Crippen LogP contribution in [0.1, 0.15) is 25.2 Å². The van der Waals surface area contributed by atoms with E-state index in [-0.39, 0.29) is 0 Å². The lowest BCUT2D eigenvalue weighted by Gasteiger charge is -2.18. The molecule has 1 N–H and O–H groups in total. The Hall–Kier alpha value is -1.88. The van der Waals surface area contributed by atoms with Crippen molar-refractivity contribution in [1.29, 1.82) is 0 Å². The molecule has 0 saturated carbocycles. The molecule has 2 heterocycles. The second-order valence-corrected chi connectivity index (χ2v) is 5.37. The first-order valence-corrected chi connectivity index (χ1v) is 6.92. The van der Waals surface area contributed by atoms with Crippen LogP contribution in [0.2, 0.25) is 0 Å². The van der Waals surface area contributed by atoms with Gasteiger partial charge in [-0.1, -0.05) is 13.8 Å². The zero-order valence-electron chi connectivity index (χ0n) is 12.7. The van der Waals surface area contributed by atoms with E-state index in [1.165, 1.54) is 5.56 Å². The number of pyridine rings is 1. The fourth-order valence-corrected chi connectivity index (χ4v) is 1.94. The molecule has 2 aromatic rings. The molecule has 20 heavy (non-hydrogen) atoms. The van der Waals surface area contributed by atoms with E-state index in [9.17, 15) is 0 Å². The van der Waals surface area contributed by atoms with Crippen molar-refractivity contribution < 1.29 is 0 Å². The van der Waals surface area contributed by atoms with Crippen molar-refractivity contribution >= 4 is 5.82 Å². The van der Waals surface area contributed by atoms with Gasteiger partial charge in [-0.2, -0.15) is 0 Å². The topological polar surface area (TPSA) is 46.0 Å². The van der Waals surface area contributed by atoms with Gasteiger partial charge >= 0.3 is 0 Å². The minimum absolute atomic E-state index is 0.483. The van der Waals surface area contributed by atoms with Crippen LogP contribution in [0.5, 0.6) is 0 Å². The van der Waals surface area contributed by atoms with E-state index in [2.05, 4.69) is 40.1 Å². The van der Waals surface area contributed by atoms with Crippen molar-refractivity contribution in [3.63, 3.8) is 0 Å². The van der Waals surface area contributed by atoms with Gasteiger partial charge < -0.3 is 14.8 Å². The van der Waals surface area contributed by atoms with Gasteiger partial charge in [0.05, 0.1) is 6.54 Å². The van der Waals surface area contributed by atoms with Gasteiger partial charge in [-0.3, -0.25) is 0 Å². The van der Waals surface area contributed by atoms with E-state index in [1.807, 2.05) is 43.3 Å². The van der Waals surface area contributed by atoms with Crippen molar-refractivity contribution in [1.82, 2.24) is 19.9 Å². The zero-order chi connectivity index (χ0) is 14.5. The van der Waals surface area contributed by atoms with Crippen LogP contribution in [-0.2, 0) is 20.1 Å². The molecule has 0 unspecified atom stereocenters. The standard InChI is InChI=1S/C15H23N5/c1-12(2)18-10-13-5-6-16-14(9-13)20(4)11-15-17-7-8-19(15)3/h5-9,12,18H,10-11H2,1-4H3. The molecule has 0 saturated heterocycles. The summed E-state index contributed by atoms with van der Waals surface area (Å²) >= 11 is 0. The highest BCUT2D eigenvalue weighted by Crippen LogP contribution is 2.13. The van der Waals surface area contributed by atoms with Gasteiger partial charge in [-0.05, 0) is 17.7 Å². The Morgan fingerprint density at radius 1 is 1.30 bits per heavy atom. The predicted molar refractivity (Wildman–Crippen MR) is 81.5 cm³/mol. The fourth-order valence-electron chi connectivity index (χ4n) is 1.94. The average molecular weight is 273 g/mol. The maximum atomic E-state index is 4.44. The molecule has 5 nitrogen and oxygen atoms in total. The summed E-state index contributed by atoms with van der Waals surface area (Å²) in [6.45, 7) is 5.91. The molecule has 0 aliphatic rings. The number of aromatic nitrogens is 3. The largest absolute Gasteiger partial charge is 0.352 e. The van der Waals surface area contributed by atoms with E-state index < -0.39 is 0 Å². The molecular formula is C15H23N5. The van der Waals surface area contributed by atoms with Crippen molar-refractivity contribution in [3.8, 4) is 0 Å². The van der Waals surface area contributed by atoms with E-state index in [4.69, 9.17) is 0 Å². The van der Waals surface area contributed by atoms with Gasteiger partial charge in [0.1, 0.15) is 11.6 Å². The van der Waals surface area contributed by atoms with Crippen LogP contribution in [0, 0.1) is 0 Å². The van der Waals surface area contributed by atoms with Gasteiger partial charge in [0.25, 0.3) is 0 Å². The second-order valence-electron chi connectivity index (χ2n) is 5.37. The Morgan fingerprint density at radius 3 is 2.75 bits per heavy atom. The summed E-state index contributed by atoms with van der Waals surface area (Å²) in [5.74, 6) is 2.00. The molecule has 5 heteroatoms. The summed E-state index contributed by atoms with van der Waals surface area (Å²) in [5.41, 5.74) is 1.25. The van der Waals surface area contributed by atoms with E-state index in [1.54, 1.807) is 0 Å². The first-order valence-electron chi connectivity index (χ1n) is 6.92. The van der Waals surface area contributed by atoms with Gasteiger partial charge in [-0.15, -0.1) is 0 Å². The monoisotopic (exact) mass is 273 g/mol. The zero-order valence-corrected chi connectivity index (χ0v) is 12.7. The van der Waals surface area contributed by atoms with Crippen LogP contribution >= 0.6 is 0 Å². The lowest BCUT2D eigenvalue weighted by atomic mass is 10.2. The van der Waals surface area contributed by atoms with E-state index in [0.29, 0.717) is 6.04 Å². The summed E-state index contributed by atoms with van der Waals surface area (Å²) in [5, 5.41) is 3.42. The third kappa shape index (κ3) is 3.81. The first kappa shape index (κ1) is 14.5. The summed E-state index contributed by atoms with van der Waals surface area (Å²) in [6, 6.07) is 4.66. The molecule has 0 atom stereocenters. The Bertz CT molecular complexity index is 547. The van der Waals surface area contributed by atoms with Crippen molar-refractivity contribution in [3.05, 3.63) is 42.1 Å². The molecule has 0 amide bonds.